The topological polar surface area (TPSA) is 61.2 Å². The van der Waals surface area contributed by atoms with Gasteiger partial charge in [-0.05, 0) is 36.4 Å². The molecule has 0 spiro atoms. The molecule has 2 aromatic rings. The zero-order chi connectivity index (χ0) is 16.8. The maximum Gasteiger partial charge on any atom is 0.220 e. The molecule has 23 heavy (non-hydrogen) atoms. The second-order valence-electron chi connectivity index (χ2n) is 4.69. The smallest absolute Gasteiger partial charge is 0.220 e. The van der Waals surface area contributed by atoms with E-state index in [9.17, 15) is 17.2 Å². The zero-order valence-electron chi connectivity index (χ0n) is 11.3. The SMILES string of the molecule is N#CC1=CN(c2ccc(F)cc2Cl)c2cc(F)ccc2S1(=O)=O. The molecule has 116 valence electrons. The molecule has 1 aliphatic rings. The largest absolute Gasteiger partial charge is 0.312 e. The number of hydrogen-bond donors (Lipinski definition) is 0. The summed E-state index contributed by atoms with van der Waals surface area (Å²) < 4.78 is 51.5. The molecule has 0 amide bonds. The third-order valence-corrected chi connectivity index (χ3v) is 5.29. The first-order chi connectivity index (χ1) is 10.8. The van der Waals surface area contributed by atoms with E-state index in [4.69, 9.17) is 16.9 Å². The number of hydrogen-bond acceptors (Lipinski definition) is 4. The molecule has 0 radical (unpaired) electrons. The summed E-state index contributed by atoms with van der Waals surface area (Å²) in [4.78, 5) is 0.509. The van der Waals surface area contributed by atoms with Crippen LogP contribution in [-0.4, -0.2) is 8.42 Å². The number of allylic oxidation sites excluding steroid dienone is 1. The van der Waals surface area contributed by atoms with E-state index >= 15 is 0 Å². The minimum atomic E-state index is -4.04. The van der Waals surface area contributed by atoms with Gasteiger partial charge in [-0.3, -0.25) is 0 Å². The molecule has 0 N–H and O–H groups in total. The van der Waals surface area contributed by atoms with Crippen LogP contribution in [0.4, 0.5) is 20.2 Å². The van der Waals surface area contributed by atoms with Crippen LogP contribution in [-0.2, 0) is 9.84 Å². The van der Waals surface area contributed by atoms with Crippen LogP contribution < -0.4 is 4.90 Å². The molecule has 0 atom stereocenters. The van der Waals surface area contributed by atoms with Crippen molar-refractivity contribution >= 4 is 32.8 Å². The van der Waals surface area contributed by atoms with Gasteiger partial charge in [0.25, 0.3) is 0 Å². The van der Waals surface area contributed by atoms with Crippen molar-refractivity contribution < 1.29 is 17.2 Å². The van der Waals surface area contributed by atoms with Crippen molar-refractivity contribution in [1.82, 2.24) is 0 Å². The molecule has 4 nitrogen and oxygen atoms in total. The second-order valence-corrected chi connectivity index (χ2v) is 6.98. The molecule has 0 saturated heterocycles. The van der Waals surface area contributed by atoms with Crippen LogP contribution in [0.15, 0.2) is 52.4 Å². The lowest BCUT2D eigenvalue weighted by Gasteiger charge is -2.28. The first kappa shape index (κ1) is 15.5. The van der Waals surface area contributed by atoms with E-state index in [2.05, 4.69) is 0 Å². The highest BCUT2D eigenvalue weighted by atomic mass is 35.5. The number of nitrogens with zero attached hydrogens (tertiary/aromatic N) is 2. The third-order valence-electron chi connectivity index (χ3n) is 3.29. The number of halogens is 3. The van der Waals surface area contributed by atoms with E-state index in [0.29, 0.717) is 0 Å². The van der Waals surface area contributed by atoms with Crippen molar-refractivity contribution in [3.05, 3.63) is 64.2 Å². The first-order valence-corrected chi connectivity index (χ1v) is 8.11. The number of fused-ring (bicyclic) bond motifs is 1. The molecule has 0 unspecified atom stereocenters. The average Bonchev–Trinajstić information content (AvgIpc) is 2.48. The standard InChI is InChI=1S/C15H7ClF2N2O2S/c16-12-5-9(17)1-3-13(12)20-8-11(7-19)23(21,22)15-4-2-10(18)6-14(15)20/h1-6,8H. The quantitative estimate of drug-likeness (QED) is 0.730. The number of benzene rings is 2. The van der Waals surface area contributed by atoms with Gasteiger partial charge >= 0.3 is 0 Å². The molecular formula is C15H7ClF2N2O2S. The minimum Gasteiger partial charge on any atom is -0.312 e. The normalized spacial score (nSPS) is 15.6. The van der Waals surface area contributed by atoms with Gasteiger partial charge in [0.05, 0.1) is 21.3 Å². The van der Waals surface area contributed by atoms with Gasteiger partial charge in [0, 0.05) is 6.20 Å². The maximum atomic E-state index is 13.6. The molecular weight excluding hydrogens is 346 g/mol. The van der Waals surface area contributed by atoms with Gasteiger partial charge in [-0.1, -0.05) is 11.6 Å². The van der Waals surface area contributed by atoms with Gasteiger partial charge in [-0.2, -0.15) is 5.26 Å². The number of rotatable bonds is 1. The van der Waals surface area contributed by atoms with Gasteiger partial charge in [0.1, 0.15) is 17.7 Å². The zero-order valence-corrected chi connectivity index (χ0v) is 12.9. The highest BCUT2D eigenvalue weighted by Crippen LogP contribution is 2.42. The molecule has 0 saturated carbocycles. The van der Waals surface area contributed by atoms with Gasteiger partial charge in [-0.25, -0.2) is 17.2 Å². The van der Waals surface area contributed by atoms with E-state index in [1.807, 2.05) is 0 Å². The summed E-state index contributed by atoms with van der Waals surface area (Å²) in [5.41, 5.74) is 0.222. The van der Waals surface area contributed by atoms with E-state index in [1.165, 1.54) is 11.0 Å². The van der Waals surface area contributed by atoms with Crippen LogP contribution >= 0.6 is 11.6 Å². The van der Waals surface area contributed by atoms with Crippen molar-refractivity contribution in [3.8, 4) is 6.07 Å². The molecule has 0 aromatic heterocycles. The van der Waals surface area contributed by atoms with Crippen molar-refractivity contribution in [2.45, 2.75) is 4.90 Å². The highest BCUT2D eigenvalue weighted by Gasteiger charge is 2.33. The van der Waals surface area contributed by atoms with Crippen LogP contribution in [0.1, 0.15) is 0 Å². The Labute approximate surface area is 135 Å². The monoisotopic (exact) mass is 352 g/mol. The Morgan fingerprint density at radius 1 is 1.04 bits per heavy atom. The number of nitriles is 1. The lowest BCUT2D eigenvalue weighted by molar-refractivity contribution is 0.600. The molecule has 0 bridgehead atoms. The summed E-state index contributed by atoms with van der Waals surface area (Å²) in [7, 11) is -4.04. The summed E-state index contributed by atoms with van der Waals surface area (Å²) in [6.07, 6.45) is 1.04. The second kappa shape index (κ2) is 5.33. The Morgan fingerprint density at radius 3 is 2.35 bits per heavy atom. The molecule has 0 aliphatic carbocycles. The van der Waals surface area contributed by atoms with E-state index < -0.39 is 26.4 Å². The third kappa shape index (κ3) is 2.46. The van der Waals surface area contributed by atoms with Crippen molar-refractivity contribution in [1.29, 1.82) is 5.26 Å². The molecule has 8 heteroatoms. The summed E-state index contributed by atoms with van der Waals surface area (Å²) in [6.45, 7) is 0. The number of anilines is 2. The Hall–Kier alpha value is -2.43. The summed E-state index contributed by atoms with van der Waals surface area (Å²) in [6, 6.07) is 8.16. The van der Waals surface area contributed by atoms with Crippen LogP contribution in [0.3, 0.4) is 0 Å². The molecule has 0 fully saturated rings. The minimum absolute atomic E-state index is 0.00231. The molecule has 2 aromatic carbocycles. The molecule has 1 heterocycles. The van der Waals surface area contributed by atoms with Crippen molar-refractivity contribution in [2.24, 2.45) is 0 Å². The Kier molecular flexibility index (Phi) is 3.59. The lowest BCUT2D eigenvalue weighted by atomic mass is 10.2. The summed E-state index contributed by atoms with van der Waals surface area (Å²) >= 11 is 5.99. The van der Waals surface area contributed by atoms with Crippen LogP contribution in [0.5, 0.6) is 0 Å². The van der Waals surface area contributed by atoms with E-state index in [0.717, 1.165) is 36.5 Å². The fourth-order valence-electron chi connectivity index (χ4n) is 2.25. The van der Waals surface area contributed by atoms with E-state index in [-0.39, 0.29) is 21.3 Å². The van der Waals surface area contributed by atoms with E-state index in [1.54, 1.807) is 6.07 Å². The van der Waals surface area contributed by atoms with Crippen molar-refractivity contribution in [2.75, 3.05) is 4.90 Å². The Bertz CT molecular complexity index is 997. The summed E-state index contributed by atoms with van der Waals surface area (Å²) in [5.74, 6) is -1.23. The predicted molar refractivity (Wildman–Crippen MR) is 80.8 cm³/mol. The summed E-state index contributed by atoms with van der Waals surface area (Å²) in [5, 5.41) is 9.09. The van der Waals surface area contributed by atoms with Crippen LogP contribution in [0.25, 0.3) is 0 Å². The van der Waals surface area contributed by atoms with Crippen molar-refractivity contribution in [3.63, 3.8) is 0 Å². The highest BCUT2D eigenvalue weighted by molar-refractivity contribution is 7.95. The Morgan fingerprint density at radius 2 is 1.70 bits per heavy atom. The maximum absolute atomic E-state index is 13.6. The first-order valence-electron chi connectivity index (χ1n) is 6.25. The molecule has 1 aliphatic heterocycles. The van der Waals surface area contributed by atoms with Gasteiger partial charge in [0.2, 0.25) is 9.84 Å². The number of sulfone groups is 1. The molecule has 3 rings (SSSR count). The van der Waals surface area contributed by atoms with Gasteiger partial charge in [-0.15, -0.1) is 0 Å². The Balaban J connectivity index is 2.33. The van der Waals surface area contributed by atoms with Gasteiger partial charge < -0.3 is 4.90 Å². The fraction of sp³-hybridized carbons (Fsp3) is 0. The average molecular weight is 353 g/mol. The lowest BCUT2D eigenvalue weighted by Crippen LogP contribution is -2.21. The van der Waals surface area contributed by atoms with Crippen LogP contribution in [0, 0.1) is 23.0 Å². The predicted octanol–water partition coefficient (Wildman–Crippen LogP) is 3.91. The van der Waals surface area contributed by atoms with Gasteiger partial charge in [0.15, 0.2) is 4.91 Å². The van der Waals surface area contributed by atoms with Crippen LogP contribution in [0.2, 0.25) is 5.02 Å². The fourth-order valence-corrected chi connectivity index (χ4v) is 3.78.